The van der Waals surface area contributed by atoms with Crippen LogP contribution in [0.5, 0.6) is 0 Å². The van der Waals surface area contributed by atoms with Crippen LogP contribution in [0.1, 0.15) is 27.7 Å². The van der Waals surface area contributed by atoms with Gasteiger partial charge in [-0.1, -0.05) is 27.7 Å². The van der Waals surface area contributed by atoms with Gasteiger partial charge in [-0.3, -0.25) is 0 Å². The van der Waals surface area contributed by atoms with Crippen molar-refractivity contribution >= 4 is 4.40 Å². The van der Waals surface area contributed by atoms with Crippen LogP contribution in [-0.2, 0) is 52.1 Å². The van der Waals surface area contributed by atoms with Gasteiger partial charge in [-0.05, 0) is 0 Å². The molecule has 1 rings (SSSR count). The molecule has 87 valence electrons. The van der Waals surface area contributed by atoms with Gasteiger partial charge < -0.3 is 7.43 Å². The quantitative estimate of drug-likeness (QED) is 0.519. The van der Waals surface area contributed by atoms with E-state index >= 15 is 0 Å². The van der Waals surface area contributed by atoms with Crippen LogP contribution in [0, 0.1) is 20.4 Å². The number of hydrogen-bond acceptors (Lipinski definition) is 0. The summed E-state index contributed by atoms with van der Waals surface area (Å²) in [5.41, 5.74) is 0. The third kappa shape index (κ3) is 52.1. The standard InChI is InChI=1S/C6H5.2C2H6.C2H3.CH3.W.Y/c1-2-4-6-5-3-1;3*1-2;;;/h1-5H;2*1-2H3;1H,2H2;1H3;;/q-1;;;2*-1;;. The summed E-state index contributed by atoms with van der Waals surface area (Å²) in [6.45, 7) is 11.4. The van der Waals surface area contributed by atoms with E-state index in [0.29, 0.717) is 0 Å². The predicted molar refractivity (Wildman–Crippen MR) is 65.8 cm³/mol. The Kier molecular flexibility index (Phi) is 91.4. The van der Waals surface area contributed by atoms with Gasteiger partial charge in [0.2, 0.25) is 0 Å². The summed E-state index contributed by atoms with van der Waals surface area (Å²) < 4.78 is 1.83. The zero-order valence-corrected chi connectivity index (χ0v) is 16.4. The Labute approximate surface area is 134 Å². The average Bonchev–Trinajstić information content (AvgIpc) is 2.27. The van der Waals surface area contributed by atoms with Crippen LogP contribution in [0.2, 0.25) is 0 Å². The molecular weight excluding hydrogens is 429 g/mol. The van der Waals surface area contributed by atoms with Crippen molar-refractivity contribution in [1.82, 2.24) is 0 Å². The van der Waals surface area contributed by atoms with E-state index in [4.69, 9.17) is 0 Å². The van der Waals surface area contributed by atoms with Crippen LogP contribution >= 0.6 is 0 Å². The van der Waals surface area contributed by atoms with E-state index in [2.05, 4.69) is 13.0 Å². The Hall–Kier alpha value is 0.882. The minimum atomic E-state index is 0. The predicted octanol–water partition coefficient (Wildman–Crippen LogP) is 4.16. The molecule has 0 amide bonds. The molecule has 0 aliphatic heterocycles. The van der Waals surface area contributed by atoms with Gasteiger partial charge in [0.05, 0.1) is 0 Å². The molecule has 0 aromatic heterocycles. The first kappa shape index (κ1) is 29.7. The maximum absolute atomic E-state index is 3.40. The van der Waals surface area contributed by atoms with Crippen molar-refractivity contribution in [3.05, 3.63) is 50.7 Å². The zero-order chi connectivity index (χ0) is 10.9. The molecule has 0 bridgehead atoms. The average molecular weight is 452 g/mol. The molecule has 0 N–H and O–H groups in total. The molecule has 0 saturated carbocycles. The molecule has 0 heterocycles. The first-order chi connectivity index (χ1) is 6.41. The van der Waals surface area contributed by atoms with Crippen molar-refractivity contribution in [2.24, 2.45) is 0 Å². The second-order valence-electron chi connectivity index (χ2n) is 1.24. The van der Waals surface area contributed by atoms with Gasteiger partial charge >= 0.3 is 30.7 Å². The van der Waals surface area contributed by atoms with Crippen LogP contribution in [0.4, 0.5) is 0 Å². The summed E-state index contributed by atoms with van der Waals surface area (Å²) in [4.78, 5) is 0. The van der Waals surface area contributed by atoms with Gasteiger partial charge in [-0.2, -0.15) is 36.4 Å². The summed E-state index contributed by atoms with van der Waals surface area (Å²) in [5.74, 6) is 0. The molecule has 0 spiro atoms. The molecule has 0 fully saturated rings. The Bertz CT molecular complexity index is 114. The minimum absolute atomic E-state index is 0. The summed E-state index contributed by atoms with van der Waals surface area (Å²) in [6, 6.07) is 12.5. The summed E-state index contributed by atoms with van der Waals surface area (Å²) >= 11 is 1.44. The molecule has 1 radical (unpaired) electrons. The first-order valence-corrected chi connectivity index (χ1v) is 6.25. The number of hydrogen-bond donors (Lipinski definition) is 0. The van der Waals surface area contributed by atoms with Crippen molar-refractivity contribution in [2.75, 3.05) is 0 Å². The Morgan fingerprint density at radius 2 is 1.27 bits per heavy atom. The molecule has 0 aliphatic carbocycles. The Morgan fingerprint density at radius 1 is 1.00 bits per heavy atom. The second kappa shape index (κ2) is 46.2. The largest absolute Gasteiger partial charge is 0.358 e. The SMILES string of the molecule is CC.CC.[CH2-][CH]=[W].[CH3-].[Y].[c-]1ccccc1. The monoisotopic (exact) mass is 452 g/mol. The fourth-order valence-electron chi connectivity index (χ4n) is 0.342. The smallest absolute Gasteiger partial charge is 0 e. The molecular formula is C13H23WY-3. The summed E-state index contributed by atoms with van der Waals surface area (Å²) in [5, 5.41) is 0. The van der Waals surface area contributed by atoms with E-state index in [9.17, 15) is 0 Å². The minimum Gasteiger partial charge on any atom is -0.358 e. The van der Waals surface area contributed by atoms with Crippen molar-refractivity contribution in [2.45, 2.75) is 27.7 Å². The van der Waals surface area contributed by atoms with Gasteiger partial charge in [0, 0.05) is 32.7 Å². The molecule has 0 nitrogen and oxygen atoms in total. The molecule has 2 heteroatoms. The van der Waals surface area contributed by atoms with E-state index in [1.807, 2.05) is 62.4 Å². The van der Waals surface area contributed by atoms with Crippen molar-refractivity contribution in [3.8, 4) is 0 Å². The van der Waals surface area contributed by atoms with E-state index in [1.54, 1.807) is 0 Å². The Morgan fingerprint density at radius 3 is 1.33 bits per heavy atom. The topological polar surface area (TPSA) is 0 Å². The zero-order valence-electron chi connectivity index (χ0n) is 10.7. The second-order valence-corrected chi connectivity index (χ2v) is 2.44. The van der Waals surface area contributed by atoms with Gasteiger partial charge in [0.25, 0.3) is 0 Å². The van der Waals surface area contributed by atoms with E-state index in [1.165, 1.54) is 19.4 Å². The van der Waals surface area contributed by atoms with E-state index < -0.39 is 0 Å². The van der Waals surface area contributed by atoms with Crippen LogP contribution in [0.25, 0.3) is 0 Å². The van der Waals surface area contributed by atoms with E-state index in [-0.39, 0.29) is 40.1 Å². The van der Waals surface area contributed by atoms with Crippen LogP contribution < -0.4 is 0 Å². The molecule has 1 aromatic rings. The maximum Gasteiger partial charge on any atom is 0 e. The normalized spacial score (nSPS) is 4.87. The molecule has 0 atom stereocenters. The molecule has 0 unspecified atom stereocenters. The fraction of sp³-hybridized carbons (Fsp3) is 0.308. The third-order valence-corrected chi connectivity index (χ3v) is 0.607. The third-order valence-electron chi connectivity index (χ3n) is 0.607. The van der Waals surface area contributed by atoms with Crippen molar-refractivity contribution < 1.29 is 52.1 Å². The molecule has 15 heavy (non-hydrogen) atoms. The molecule has 0 saturated heterocycles. The van der Waals surface area contributed by atoms with Crippen LogP contribution in [0.3, 0.4) is 0 Å². The van der Waals surface area contributed by atoms with Gasteiger partial charge in [-0.25, -0.2) is 0 Å². The van der Waals surface area contributed by atoms with Crippen LogP contribution in [0.15, 0.2) is 30.3 Å². The van der Waals surface area contributed by atoms with Gasteiger partial charge in [0.15, 0.2) is 0 Å². The van der Waals surface area contributed by atoms with E-state index in [0.717, 1.165) is 0 Å². The summed E-state index contributed by atoms with van der Waals surface area (Å²) in [6.07, 6.45) is 0. The molecule has 1 aromatic carbocycles. The number of rotatable bonds is 0. The van der Waals surface area contributed by atoms with Gasteiger partial charge in [0.1, 0.15) is 0 Å². The molecule has 0 aliphatic rings. The van der Waals surface area contributed by atoms with Gasteiger partial charge in [-0.15, -0.1) is 0 Å². The van der Waals surface area contributed by atoms with Crippen LogP contribution in [-0.4, -0.2) is 4.40 Å². The van der Waals surface area contributed by atoms with Crippen molar-refractivity contribution in [1.29, 1.82) is 0 Å². The summed E-state index contributed by atoms with van der Waals surface area (Å²) in [7, 11) is 0. The maximum atomic E-state index is 3.40. The first-order valence-electron chi connectivity index (χ1n) is 4.55. The Balaban J connectivity index is -0.0000000329. The fourth-order valence-corrected chi connectivity index (χ4v) is 0.342. The van der Waals surface area contributed by atoms with Crippen molar-refractivity contribution in [3.63, 3.8) is 0 Å². The number of benzene rings is 1.